The zero-order chi connectivity index (χ0) is 25.9. The van der Waals surface area contributed by atoms with Crippen molar-refractivity contribution in [2.45, 2.75) is 83.3 Å². The summed E-state index contributed by atoms with van der Waals surface area (Å²) < 4.78 is 89.9. The highest BCUT2D eigenvalue weighted by molar-refractivity contribution is 5.36. The topological polar surface area (TPSA) is 18.5 Å². The summed E-state index contributed by atoms with van der Waals surface area (Å²) in [7, 11) is 0. The average Bonchev–Trinajstić information content (AvgIpc) is 2.86. The average molecular weight is 515 g/mol. The molecule has 0 aliphatic heterocycles. The van der Waals surface area contributed by atoms with Crippen LogP contribution in [0.25, 0.3) is 0 Å². The minimum Gasteiger partial charge on any atom is -0.429 e. The zero-order valence-corrected chi connectivity index (χ0v) is 20.3. The second-order valence-corrected chi connectivity index (χ2v) is 10.1. The van der Waals surface area contributed by atoms with Crippen LogP contribution in [0.15, 0.2) is 36.4 Å². The van der Waals surface area contributed by atoms with Gasteiger partial charge < -0.3 is 9.47 Å². The van der Waals surface area contributed by atoms with Crippen LogP contribution in [0.2, 0.25) is 0 Å². The first kappa shape index (κ1) is 26.7. The van der Waals surface area contributed by atoms with Gasteiger partial charge >= 0.3 is 12.7 Å². The largest absolute Gasteiger partial charge is 0.429 e. The Morgan fingerprint density at radius 1 is 0.833 bits per heavy atom. The number of rotatable bonds is 8. The molecule has 2 nitrogen and oxygen atoms in total. The Bertz CT molecular complexity index is 971. The Morgan fingerprint density at radius 2 is 1.36 bits per heavy atom. The monoisotopic (exact) mass is 514 g/mol. The Labute approximate surface area is 208 Å². The van der Waals surface area contributed by atoms with Gasteiger partial charge in [-0.1, -0.05) is 38.3 Å². The first-order chi connectivity index (χ1) is 17.2. The molecular weight excluding hydrogens is 482 g/mol. The number of hydrogen-bond donors (Lipinski definition) is 0. The van der Waals surface area contributed by atoms with E-state index in [1.54, 1.807) is 12.1 Å². The van der Waals surface area contributed by atoms with Crippen LogP contribution < -0.4 is 9.47 Å². The highest BCUT2D eigenvalue weighted by Gasteiger charge is 2.36. The molecule has 0 radical (unpaired) electrons. The van der Waals surface area contributed by atoms with Gasteiger partial charge in [0, 0.05) is 12.1 Å². The van der Waals surface area contributed by atoms with E-state index in [4.69, 9.17) is 0 Å². The van der Waals surface area contributed by atoms with Gasteiger partial charge in [0.05, 0.1) is 5.56 Å². The second-order valence-electron chi connectivity index (χ2n) is 10.1. The van der Waals surface area contributed by atoms with E-state index >= 15 is 0 Å². The van der Waals surface area contributed by atoms with Crippen LogP contribution >= 0.6 is 0 Å². The molecule has 36 heavy (non-hydrogen) atoms. The maximum Gasteiger partial charge on any atom is 0.426 e. The van der Waals surface area contributed by atoms with Gasteiger partial charge in [0.25, 0.3) is 0 Å². The molecule has 8 heteroatoms. The van der Waals surface area contributed by atoms with E-state index in [9.17, 15) is 26.3 Å². The molecule has 2 aliphatic rings. The zero-order valence-electron chi connectivity index (χ0n) is 20.3. The van der Waals surface area contributed by atoms with Crippen LogP contribution in [0.4, 0.5) is 26.3 Å². The summed E-state index contributed by atoms with van der Waals surface area (Å²) in [6.07, 6.45) is 7.13. The molecular formula is C28H32F6O2. The SMILES string of the molecule is CC[C@H]1CC[C@H](C2CCC(c3ccc(C(F)(F)Oc4cc(F)c(OC(F)F)c(F)c4)cc3)CC2)CC1. The maximum atomic E-state index is 14.7. The molecule has 0 atom stereocenters. The second kappa shape index (κ2) is 11.3. The molecule has 4 rings (SSSR count). The molecule has 0 aromatic heterocycles. The number of halogens is 6. The van der Waals surface area contributed by atoms with Gasteiger partial charge in [-0.3, -0.25) is 0 Å². The summed E-state index contributed by atoms with van der Waals surface area (Å²) in [5, 5.41) is 0. The minimum atomic E-state index is -3.88. The standard InChI is InChI=1S/C28H32F6O2/c1-2-17-3-5-18(6-4-17)19-7-9-20(10-8-19)21-11-13-22(14-12-21)28(33,34)36-23-15-24(29)26(25(30)16-23)35-27(31)32/h11-20,27H,2-10H2,1H3/t17-,18-,19?,20?. The lowest BCUT2D eigenvalue weighted by molar-refractivity contribution is -0.185. The van der Waals surface area contributed by atoms with Crippen LogP contribution in [-0.2, 0) is 6.11 Å². The fraction of sp³-hybridized carbons (Fsp3) is 0.571. The molecule has 0 amide bonds. The van der Waals surface area contributed by atoms with Crippen molar-refractivity contribution in [3.63, 3.8) is 0 Å². The van der Waals surface area contributed by atoms with Gasteiger partial charge in [-0.2, -0.15) is 17.6 Å². The number of benzene rings is 2. The number of hydrogen-bond acceptors (Lipinski definition) is 2. The molecule has 0 heterocycles. The molecule has 2 fully saturated rings. The van der Waals surface area contributed by atoms with Crippen molar-refractivity contribution in [1.29, 1.82) is 0 Å². The van der Waals surface area contributed by atoms with Crippen molar-refractivity contribution in [1.82, 2.24) is 0 Å². The van der Waals surface area contributed by atoms with Gasteiger partial charge in [-0.25, -0.2) is 8.78 Å². The molecule has 2 aromatic carbocycles. The quantitative estimate of drug-likeness (QED) is 0.327. The lowest BCUT2D eigenvalue weighted by atomic mass is 9.68. The van der Waals surface area contributed by atoms with Crippen molar-refractivity contribution in [2.75, 3.05) is 0 Å². The van der Waals surface area contributed by atoms with Gasteiger partial charge in [0.2, 0.25) is 0 Å². The predicted molar refractivity (Wildman–Crippen MR) is 124 cm³/mol. The first-order valence-electron chi connectivity index (χ1n) is 12.8. The Morgan fingerprint density at radius 3 is 1.86 bits per heavy atom. The molecule has 2 saturated carbocycles. The van der Waals surface area contributed by atoms with Crippen molar-refractivity contribution in [2.24, 2.45) is 17.8 Å². The highest BCUT2D eigenvalue weighted by Crippen LogP contribution is 2.44. The van der Waals surface area contributed by atoms with Crippen molar-refractivity contribution in [3.8, 4) is 11.5 Å². The minimum absolute atomic E-state index is 0.322. The molecule has 0 saturated heterocycles. The van der Waals surface area contributed by atoms with Gasteiger partial charge in [0.1, 0.15) is 5.75 Å². The number of ether oxygens (including phenoxy) is 2. The molecule has 0 bridgehead atoms. The van der Waals surface area contributed by atoms with Crippen LogP contribution in [0.5, 0.6) is 11.5 Å². The molecule has 2 aliphatic carbocycles. The normalized spacial score (nSPS) is 25.1. The van der Waals surface area contributed by atoms with Crippen molar-refractivity contribution < 1.29 is 35.8 Å². The fourth-order valence-electron chi connectivity index (χ4n) is 5.95. The maximum absolute atomic E-state index is 14.7. The van der Waals surface area contributed by atoms with E-state index in [0.717, 1.165) is 49.0 Å². The van der Waals surface area contributed by atoms with E-state index < -0.39 is 41.4 Å². The van der Waals surface area contributed by atoms with Crippen LogP contribution in [0.1, 0.15) is 81.8 Å². The molecule has 2 aromatic rings. The van der Waals surface area contributed by atoms with E-state index in [-0.39, 0.29) is 0 Å². The molecule has 0 spiro atoms. The summed E-state index contributed by atoms with van der Waals surface area (Å²) in [6.45, 7) is -1.19. The van der Waals surface area contributed by atoms with Gasteiger partial charge in [-0.05, 0) is 79.9 Å². The van der Waals surface area contributed by atoms with E-state index in [2.05, 4.69) is 16.4 Å². The molecule has 198 valence electrons. The summed E-state index contributed by atoms with van der Waals surface area (Å²) in [4.78, 5) is 0. The third-order valence-corrected chi connectivity index (χ3v) is 8.05. The van der Waals surface area contributed by atoms with Crippen molar-refractivity contribution >= 4 is 0 Å². The van der Waals surface area contributed by atoms with E-state index in [1.807, 2.05) is 0 Å². The van der Waals surface area contributed by atoms with Crippen LogP contribution in [0, 0.1) is 29.4 Å². The Hall–Kier alpha value is -2.38. The van der Waals surface area contributed by atoms with E-state index in [0.29, 0.717) is 18.1 Å². The van der Waals surface area contributed by atoms with Crippen LogP contribution in [-0.4, -0.2) is 6.61 Å². The summed E-state index contributed by atoms with van der Waals surface area (Å²) in [5.41, 5.74) is 0.523. The predicted octanol–water partition coefficient (Wildman–Crippen LogP) is 9.18. The first-order valence-corrected chi connectivity index (χ1v) is 12.8. The number of alkyl halides is 4. The fourth-order valence-corrected chi connectivity index (χ4v) is 5.95. The van der Waals surface area contributed by atoms with Crippen molar-refractivity contribution in [3.05, 3.63) is 59.2 Å². The molecule has 0 N–H and O–H groups in total. The molecule has 0 unspecified atom stereocenters. The van der Waals surface area contributed by atoms with Crippen LogP contribution in [0.3, 0.4) is 0 Å². The summed E-state index contributed by atoms with van der Waals surface area (Å²) in [5.74, 6) is -2.54. The Kier molecular flexibility index (Phi) is 8.41. The third-order valence-electron chi connectivity index (χ3n) is 8.05. The van der Waals surface area contributed by atoms with E-state index in [1.165, 1.54) is 44.2 Å². The lowest BCUT2D eigenvalue weighted by Gasteiger charge is -2.38. The van der Waals surface area contributed by atoms with Gasteiger partial charge in [0.15, 0.2) is 17.4 Å². The smallest absolute Gasteiger partial charge is 0.426 e. The highest BCUT2D eigenvalue weighted by atomic mass is 19.3. The Balaban J connectivity index is 1.35. The third kappa shape index (κ3) is 6.30. The van der Waals surface area contributed by atoms with Gasteiger partial charge in [-0.15, -0.1) is 0 Å². The lowest BCUT2D eigenvalue weighted by Crippen LogP contribution is -2.25. The summed E-state index contributed by atoms with van der Waals surface area (Å²) in [6, 6.07) is 6.60. The summed E-state index contributed by atoms with van der Waals surface area (Å²) >= 11 is 0.